The molecule has 0 saturated heterocycles. The number of ether oxygens (including phenoxy) is 1. The van der Waals surface area contributed by atoms with E-state index in [0.29, 0.717) is 19.3 Å². The number of esters is 1. The number of carbonyl (C=O) groups is 3. The van der Waals surface area contributed by atoms with Gasteiger partial charge in [0.1, 0.15) is 12.5 Å². The first-order valence-corrected chi connectivity index (χ1v) is 12.6. The van der Waals surface area contributed by atoms with Crippen molar-refractivity contribution in [1.82, 2.24) is 10.6 Å². The van der Waals surface area contributed by atoms with Gasteiger partial charge in [0.25, 0.3) is 0 Å². The number of allylic oxidation sites excluding steroid dienone is 2. The summed E-state index contributed by atoms with van der Waals surface area (Å²) in [7, 11) is 0. The fourth-order valence-electron chi connectivity index (χ4n) is 3.90. The minimum atomic E-state index is -1.02. The van der Waals surface area contributed by atoms with Gasteiger partial charge in [-0.05, 0) is 43.7 Å². The first kappa shape index (κ1) is 29.5. The van der Waals surface area contributed by atoms with Gasteiger partial charge >= 0.3 is 5.97 Å². The molecule has 0 aliphatic carbocycles. The number of aliphatic hydroxyl groups is 1. The maximum Gasteiger partial charge on any atom is 0.309 e. The predicted molar refractivity (Wildman–Crippen MR) is 144 cm³/mol. The second kappa shape index (κ2) is 16.1. The minimum Gasteiger partial charge on any atom is -0.463 e. The van der Waals surface area contributed by atoms with Gasteiger partial charge < -0.3 is 20.5 Å². The van der Waals surface area contributed by atoms with Crippen molar-refractivity contribution in [3.05, 3.63) is 97.1 Å². The van der Waals surface area contributed by atoms with Crippen LogP contribution in [0.15, 0.2) is 86.0 Å². The molecule has 0 aliphatic rings. The van der Waals surface area contributed by atoms with Crippen LogP contribution in [0.4, 0.5) is 0 Å². The van der Waals surface area contributed by atoms with Crippen LogP contribution in [0.5, 0.6) is 0 Å². The fourth-order valence-corrected chi connectivity index (χ4v) is 3.90. The topological polar surface area (TPSA) is 105 Å². The molecule has 2 rings (SSSR count). The number of hydrogen-bond donors (Lipinski definition) is 3. The molecule has 0 aromatic heterocycles. The van der Waals surface area contributed by atoms with Crippen LogP contribution in [0, 0.1) is 11.8 Å². The van der Waals surface area contributed by atoms with Crippen molar-refractivity contribution >= 4 is 17.8 Å². The quantitative estimate of drug-likeness (QED) is 0.184. The Balaban J connectivity index is 2.13. The molecule has 1 unspecified atom stereocenters. The normalized spacial score (nSPS) is 13.9. The molecule has 198 valence electrons. The number of aliphatic hydroxyl groups excluding tert-OH is 1. The summed E-state index contributed by atoms with van der Waals surface area (Å²) in [5.41, 5.74) is 1.98. The van der Waals surface area contributed by atoms with E-state index in [4.69, 9.17) is 4.74 Å². The molecule has 2 aromatic rings. The zero-order chi connectivity index (χ0) is 27.0. The second-order valence-electron chi connectivity index (χ2n) is 9.11. The summed E-state index contributed by atoms with van der Waals surface area (Å²) in [4.78, 5) is 38.8. The highest BCUT2D eigenvalue weighted by Crippen LogP contribution is 2.16. The Kier molecular flexibility index (Phi) is 12.9. The second-order valence-corrected chi connectivity index (χ2v) is 9.11. The number of hydrogen-bond acceptors (Lipinski definition) is 5. The average molecular weight is 507 g/mol. The van der Waals surface area contributed by atoms with Crippen LogP contribution < -0.4 is 10.6 Å². The minimum absolute atomic E-state index is 0.0443. The van der Waals surface area contributed by atoms with Gasteiger partial charge in [-0.3, -0.25) is 14.4 Å². The van der Waals surface area contributed by atoms with Gasteiger partial charge in [-0.25, -0.2) is 0 Å². The van der Waals surface area contributed by atoms with E-state index in [0.717, 1.165) is 11.1 Å². The predicted octanol–water partition coefficient (Wildman–Crippen LogP) is 3.38. The maximum absolute atomic E-state index is 13.1. The van der Waals surface area contributed by atoms with Crippen LogP contribution >= 0.6 is 0 Å². The van der Waals surface area contributed by atoms with E-state index in [1.807, 2.05) is 60.7 Å². The number of carbonyl (C=O) groups excluding carboxylic acids is 3. The van der Waals surface area contributed by atoms with E-state index in [2.05, 4.69) is 23.8 Å². The molecule has 0 spiro atoms. The van der Waals surface area contributed by atoms with Gasteiger partial charge in [0.15, 0.2) is 0 Å². The zero-order valence-electron chi connectivity index (χ0n) is 21.5. The summed E-state index contributed by atoms with van der Waals surface area (Å²) in [5.74, 6) is -2.78. The molecular formula is C30H38N2O5. The largest absolute Gasteiger partial charge is 0.463 e. The molecule has 4 atom stereocenters. The highest BCUT2D eigenvalue weighted by atomic mass is 16.5. The zero-order valence-corrected chi connectivity index (χ0v) is 21.5. The van der Waals surface area contributed by atoms with E-state index in [-0.39, 0.29) is 25.6 Å². The molecule has 0 heterocycles. The summed E-state index contributed by atoms with van der Waals surface area (Å²) in [5, 5.41) is 14.8. The van der Waals surface area contributed by atoms with Crippen LogP contribution in [0.2, 0.25) is 0 Å². The molecule has 37 heavy (non-hydrogen) atoms. The number of nitrogens with one attached hydrogen (secondary N) is 2. The van der Waals surface area contributed by atoms with Crippen LogP contribution in [-0.4, -0.2) is 48.2 Å². The van der Waals surface area contributed by atoms with E-state index >= 15 is 0 Å². The van der Waals surface area contributed by atoms with Gasteiger partial charge in [-0.1, -0.05) is 72.8 Å². The van der Waals surface area contributed by atoms with Crippen molar-refractivity contribution < 1.29 is 24.2 Å². The number of rotatable bonds is 16. The van der Waals surface area contributed by atoms with Crippen LogP contribution in [0.3, 0.4) is 0 Å². The Hall–Kier alpha value is -3.71. The molecule has 3 N–H and O–H groups in total. The Bertz CT molecular complexity index is 1010. The highest BCUT2D eigenvalue weighted by molar-refractivity contribution is 6.00. The van der Waals surface area contributed by atoms with Crippen LogP contribution in [0.1, 0.15) is 30.9 Å². The summed E-state index contributed by atoms with van der Waals surface area (Å²) in [6.07, 6.45) is 4.74. The first-order chi connectivity index (χ1) is 17.9. The molecule has 7 heteroatoms. The summed E-state index contributed by atoms with van der Waals surface area (Å²) in [6, 6.07) is 18.2. The first-order valence-electron chi connectivity index (χ1n) is 12.6. The Morgan fingerprint density at radius 1 is 0.865 bits per heavy atom. The van der Waals surface area contributed by atoms with Crippen molar-refractivity contribution in [3.8, 4) is 0 Å². The van der Waals surface area contributed by atoms with Crippen LogP contribution in [0.25, 0.3) is 0 Å². The van der Waals surface area contributed by atoms with Gasteiger partial charge in [-0.15, -0.1) is 13.2 Å². The summed E-state index contributed by atoms with van der Waals surface area (Å²) in [6.45, 7) is 8.79. The lowest BCUT2D eigenvalue weighted by Crippen LogP contribution is -2.49. The molecule has 0 fully saturated rings. The maximum atomic E-state index is 13.1. The van der Waals surface area contributed by atoms with Crippen molar-refractivity contribution in [3.63, 3.8) is 0 Å². The van der Waals surface area contributed by atoms with Crippen molar-refractivity contribution in [2.24, 2.45) is 11.8 Å². The Labute approximate surface area is 219 Å². The number of benzene rings is 2. The molecular weight excluding hydrogens is 468 g/mol. The summed E-state index contributed by atoms with van der Waals surface area (Å²) >= 11 is 0. The molecule has 2 aromatic carbocycles. The lowest BCUT2D eigenvalue weighted by molar-refractivity contribution is -0.150. The van der Waals surface area contributed by atoms with E-state index in [9.17, 15) is 19.5 Å². The Morgan fingerprint density at radius 2 is 1.41 bits per heavy atom. The summed E-state index contributed by atoms with van der Waals surface area (Å²) < 4.78 is 5.69. The lowest BCUT2D eigenvalue weighted by atomic mass is 9.96. The SMILES string of the molecule is C=CCC(C(=O)N[C@H](COC(=O)[C@H](CC=C)Cc1ccccc1)Cc1ccccc1)C(=O)N[C@@H](C)CO. The third-order valence-electron chi connectivity index (χ3n) is 5.91. The Morgan fingerprint density at radius 3 is 1.95 bits per heavy atom. The van der Waals surface area contributed by atoms with Crippen molar-refractivity contribution in [2.45, 2.75) is 44.7 Å². The van der Waals surface area contributed by atoms with Gasteiger partial charge in [0, 0.05) is 6.04 Å². The third-order valence-corrected chi connectivity index (χ3v) is 5.91. The van der Waals surface area contributed by atoms with E-state index in [1.165, 1.54) is 6.08 Å². The van der Waals surface area contributed by atoms with Crippen LogP contribution in [-0.2, 0) is 32.0 Å². The van der Waals surface area contributed by atoms with Gasteiger partial charge in [0.2, 0.25) is 11.8 Å². The van der Waals surface area contributed by atoms with E-state index < -0.39 is 35.7 Å². The molecule has 0 radical (unpaired) electrons. The number of amides is 2. The molecule has 7 nitrogen and oxygen atoms in total. The van der Waals surface area contributed by atoms with Crippen molar-refractivity contribution in [1.29, 1.82) is 0 Å². The third kappa shape index (κ3) is 10.4. The molecule has 0 saturated carbocycles. The molecule has 2 amide bonds. The molecule has 0 aliphatic heterocycles. The highest BCUT2D eigenvalue weighted by Gasteiger charge is 2.29. The van der Waals surface area contributed by atoms with Gasteiger partial charge in [-0.2, -0.15) is 0 Å². The average Bonchev–Trinajstić information content (AvgIpc) is 2.90. The molecule has 0 bridgehead atoms. The van der Waals surface area contributed by atoms with E-state index in [1.54, 1.807) is 13.0 Å². The van der Waals surface area contributed by atoms with Gasteiger partial charge in [0.05, 0.1) is 18.6 Å². The monoisotopic (exact) mass is 506 g/mol. The van der Waals surface area contributed by atoms with Crippen molar-refractivity contribution in [2.75, 3.05) is 13.2 Å². The smallest absolute Gasteiger partial charge is 0.309 e. The lowest BCUT2D eigenvalue weighted by Gasteiger charge is -2.24. The standard InChI is InChI=1S/C30H38N2O5/c1-4-12-25(18-23-14-8-6-9-15-23)30(36)37-21-26(19-24-16-10-7-11-17-24)32-29(35)27(13-5-2)28(34)31-22(3)20-33/h4-11,14-17,22,25-27,33H,1-2,12-13,18-21H2,3H3,(H,31,34)(H,32,35)/t22-,25+,26-,27?/m0/s1. The fraction of sp³-hybridized carbons (Fsp3) is 0.367.